The summed E-state index contributed by atoms with van der Waals surface area (Å²) in [6, 6.07) is 7.64. The first kappa shape index (κ1) is 19.9. The van der Waals surface area contributed by atoms with Crippen molar-refractivity contribution in [2.45, 2.75) is 47.0 Å². The number of esters is 1. The fourth-order valence-corrected chi connectivity index (χ4v) is 3.36. The molecule has 1 atom stereocenters. The standard InChI is InChI=1S/C21H27NO4/c1-6-7-16(23)17-15(22-14-10-8-13(2)9-11-14)12-21(3,4)18(19(17)24)20(25)26-5/h8-11,18,24H,6-7,12H2,1-5H3/t18-/m0/s1. The molecule has 5 nitrogen and oxygen atoms in total. The molecular formula is C21H27NO4. The zero-order valence-corrected chi connectivity index (χ0v) is 16.1. The van der Waals surface area contributed by atoms with Crippen LogP contribution in [0.3, 0.4) is 0 Å². The number of methoxy groups -OCH3 is 1. The molecule has 5 heteroatoms. The molecule has 0 radical (unpaired) electrons. The minimum Gasteiger partial charge on any atom is -0.511 e. The zero-order chi connectivity index (χ0) is 19.5. The maximum Gasteiger partial charge on any atom is 0.316 e. The summed E-state index contributed by atoms with van der Waals surface area (Å²) in [4.78, 5) is 29.6. The topological polar surface area (TPSA) is 76.0 Å². The number of aliphatic hydroxyl groups is 1. The van der Waals surface area contributed by atoms with Gasteiger partial charge in [-0.25, -0.2) is 0 Å². The van der Waals surface area contributed by atoms with Crippen LogP contribution in [0, 0.1) is 18.3 Å². The van der Waals surface area contributed by atoms with E-state index in [1.165, 1.54) is 7.11 Å². The molecule has 1 N–H and O–H groups in total. The molecule has 0 saturated heterocycles. The van der Waals surface area contributed by atoms with E-state index in [4.69, 9.17) is 4.74 Å². The minimum absolute atomic E-state index is 0.169. The van der Waals surface area contributed by atoms with E-state index in [-0.39, 0.29) is 17.1 Å². The van der Waals surface area contributed by atoms with E-state index in [9.17, 15) is 14.7 Å². The van der Waals surface area contributed by atoms with Crippen LogP contribution in [-0.4, -0.2) is 29.7 Å². The molecule has 1 aliphatic carbocycles. The van der Waals surface area contributed by atoms with Crippen molar-refractivity contribution in [2.75, 3.05) is 7.11 Å². The molecule has 0 aromatic heterocycles. The van der Waals surface area contributed by atoms with E-state index in [1.807, 2.05) is 52.0 Å². The zero-order valence-electron chi connectivity index (χ0n) is 16.1. The summed E-state index contributed by atoms with van der Waals surface area (Å²) in [5, 5.41) is 10.8. The molecule has 0 spiro atoms. The van der Waals surface area contributed by atoms with Crippen molar-refractivity contribution in [3.05, 3.63) is 41.2 Å². The number of hydrogen-bond donors (Lipinski definition) is 1. The molecule has 0 unspecified atom stereocenters. The number of aliphatic hydroxyl groups excluding tert-OH is 1. The Morgan fingerprint density at radius 3 is 2.42 bits per heavy atom. The molecule has 26 heavy (non-hydrogen) atoms. The monoisotopic (exact) mass is 357 g/mol. The highest BCUT2D eigenvalue weighted by molar-refractivity contribution is 6.24. The van der Waals surface area contributed by atoms with Crippen molar-refractivity contribution in [1.82, 2.24) is 0 Å². The van der Waals surface area contributed by atoms with E-state index in [0.29, 0.717) is 30.7 Å². The smallest absolute Gasteiger partial charge is 0.316 e. The second-order valence-electron chi connectivity index (χ2n) is 7.45. The summed E-state index contributed by atoms with van der Waals surface area (Å²) in [6.07, 6.45) is 1.34. The number of ketones is 1. The van der Waals surface area contributed by atoms with Crippen LogP contribution in [0.1, 0.15) is 45.6 Å². The van der Waals surface area contributed by atoms with Crippen LogP contribution in [0.15, 0.2) is 40.6 Å². The van der Waals surface area contributed by atoms with Crippen molar-refractivity contribution < 1.29 is 19.4 Å². The lowest BCUT2D eigenvalue weighted by molar-refractivity contribution is -0.149. The largest absolute Gasteiger partial charge is 0.511 e. The van der Waals surface area contributed by atoms with E-state index in [1.54, 1.807) is 0 Å². The number of carbonyl (C=O) groups is 2. The van der Waals surface area contributed by atoms with Crippen molar-refractivity contribution in [2.24, 2.45) is 16.3 Å². The van der Waals surface area contributed by atoms with Crippen LogP contribution in [0.2, 0.25) is 0 Å². The Morgan fingerprint density at radius 2 is 1.88 bits per heavy atom. The Kier molecular flexibility index (Phi) is 6.01. The van der Waals surface area contributed by atoms with E-state index >= 15 is 0 Å². The number of ether oxygens (including phenoxy) is 1. The first-order valence-electron chi connectivity index (χ1n) is 8.90. The summed E-state index contributed by atoms with van der Waals surface area (Å²) in [5.41, 5.74) is 1.91. The average Bonchev–Trinajstić information content (AvgIpc) is 2.56. The summed E-state index contributed by atoms with van der Waals surface area (Å²) in [7, 11) is 1.29. The Hall–Kier alpha value is -2.43. The van der Waals surface area contributed by atoms with E-state index < -0.39 is 17.3 Å². The third-order valence-corrected chi connectivity index (χ3v) is 4.71. The normalized spacial score (nSPS) is 21.0. The summed E-state index contributed by atoms with van der Waals surface area (Å²) >= 11 is 0. The first-order chi connectivity index (χ1) is 12.2. The molecule has 0 saturated carbocycles. The highest BCUT2D eigenvalue weighted by Gasteiger charge is 2.47. The highest BCUT2D eigenvalue weighted by atomic mass is 16.5. The van der Waals surface area contributed by atoms with Gasteiger partial charge in [0.25, 0.3) is 0 Å². The fraction of sp³-hybridized carbons (Fsp3) is 0.476. The van der Waals surface area contributed by atoms with Gasteiger partial charge in [-0.3, -0.25) is 14.6 Å². The number of carbonyl (C=O) groups excluding carboxylic acids is 2. The first-order valence-corrected chi connectivity index (χ1v) is 8.90. The van der Waals surface area contributed by atoms with Gasteiger partial charge < -0.3 is 9.84 Å². The SMILES string of the molecule is CCCC(=O)C1=C(O)[C@@H](C(=O)OC)C(C)(C)CC1=Nc1ccc(C)cc1. The average molecular weight is 357 g/mol. The highest BCUT2D eigenvalue weighted by Crippen LogP contribution is 2.43. The molecule has 2 rings (SSSR count). The van der Waals surface area contributed by atoms with Crippen molar-refractivity contribution in [1.29, 1.82) is 0 Å². The van der Waals surface area contributed by atoms with Gasteiger partial charge in [0, 0.05) is 6.42 Å². The Bertz CT molecular complexity index is 757. The van der Waals surface area contributed by atoms with E-state index in [0.717, 1.165) is 5.56 Å². The van der Waals surface area contributed by atoms with Crippen LogP contribution in [0.5, 0.6) is 0 Å². The predicted octanol–water partition coefficient (Wildman–Crippen LogP) is 4.47. The lowest BCUT2D eigenvalue weighted by Gasteiger charge is -2.37. The van der Waals surface area contributed by atoms with Crippen molar-refractivity contribution in [3.63, 3.8) is 0 Å². The van der Waals surface area contributed by atoms with E-state index in [2.05, 4.69) is 4.99 Å². The van der Waals surface area contributed by atoms with Crippen LogP contribution in [-0.2, 0) is 14.3 Å². The second-order valence-corrected chi connectivity index (χ2v) is 7.45. The van der Waals surface area contributed by atoms with Gasteiger partial charge in [0.05, 0.1) is 24.1 Å². The third kappa shape index (κ3) is 4.03. The molecule has 0 amide bonds. The quantitative estimate of drug-likeness (QED) is 0.789. The molecule has 1 aromatic rings. The maximum absolute atomic E-state index is 12.7. The summed E-state index contributed by atoms with van der Waals surface area (Å²) in [6.45, 7) is 7.63. The number of rotatable bonds is 5. The Balaban J connectivity index is 2.62. The third-order valence-electron chi connectivity index (χ3n) is 4.71. The molecule has 0 heterocycles. The predicted molar refractivity (Wildman–Crippen MR) is 102 cm³/mol. The fourth-order valence-electron chi connectivity index (χ4n) is 3.36. The van der Waals surface area contributed by atoms with Crippen LogP contribution < -0.4 is 0 Å². The number of nitrogens with zero attached hydrogens (tertiary/aromatic N) is 1. The molecule has 0 bridgehead atoms. The number of allylic oxidation sites excluding steroid dienone is 1. The number of aliphatic imine (C=N–C) groups is 1. The van der Waals surface area contributed by atoms with Gasteiger partial charge in [-0.1, -0.05) is 38.5 Å². The van der Waals surface area contributed by atoms with Crippen LogP contribution in [0.25, 0.3) is 0 Å². The Labute approximate surface area is 154 Å². The molecule has 140 valence electrons. The molecule has 1 aliphatic rings. The molecular weight excluding hydrogens is 330 g/mol. The van der Waals surface area contributed by atoms with Gasteiger partial charge in [-0.2, -0.15) is 0 Å². The number of aryl methyl sites for hydroxylation is 1. The van der Waals surface area contributed by atoms with Crippen LogP contribution >= 0.6 is 0 Å². The summed E-state index contributed by atoms with van der Waals surface area (Å²) < 4.78 is 4.87. The summed E-state index contributed by atoms with van der Waals surface area (Å²) in [5.74, 6) is -1.83. The number of benzene rings is 1. The van der Waals surface area contributed by atoms with Crippen molar-refractivity contribution >= 4 is 23.2 Å². The number of Topliss-reactive ketones (excluding diaryl/α,β-unsaturated/α-hetero) is 1. The second kappa shape index (κ2) is 7.85. The minimum atomic E-state index is -0.875. The van der Waals surface area contributed by atoms with Gasteiger partial charge in [0.1, 0.15) is 11.7 Å². The van der Waals surface area contributed by atoms with Gasteiger partial charge in [-0.15, -0.1) is 0 Å². The molecule has 0 aliphatic heterocycles. The molecule has 1 aromatic carbocycles. The van der Waals surface area contributed by atoms with Gasteiger partial charge >= 0.3 is 5.97 Å². The maximum atomic E-state index is 12.7. The number of hydrogen-bond acceptors (Lipinski definition) is 5. The lowest BCUT2D eigenvalue weighted by atomic mass is 9.67. The van der Waals surface area contributed by atoms with Gasteiger partial charge in [0.2, 0.25) is 0 Å². The van der Waals surface area contributed by atoms with Crippen LogP contribution in [0.4, 0.5) is 5.69 Å². The van der Waals surface area contributed by atoms with Gasteiger partial charge in [0.15, 0.2) is 5.78 Å². The van der Waals surface area contributed by atoms with Gasteiger partial charge in [-0.05, 0) is 37.3 Å². The Morgan fingerprint density at radius 1 is 1.27 bits per heavy atom. The van der Waals surface area contributed by atoms with Crippen molar-refractivity contribution in [3.8, 4) is 0 Å². The lowest BCUT2D eigenvalue weighted by Crippen LogP contribution is -2.41. The molecule has 0 fully saturated rings.